The number of likely N-dealkylation sites (tertiary alicyclic amines) is 1. The number of hydrogen-bond donors (Lipinski definition) is 0. The minimum absolute atomic E-state index is 0.116. The number of piperidine rings is 1. The van der Waals surface area contributed by atoms with Crippen LogP contribution in [0.4, 0.5) is 0 Å². The molecule has 8 heteroatoms. The lowest BCUT2D eigenvalue weighted by Crippen LogP contribution is -2.41. The summed E-state index contributed by atoms with van der Waals surface area (Å²) in [5.74, 6) is 1.71. The van der Waals surface area contributed by atoms with Crippen molar-refractivity contribution in [1.29, 1.82) is 0 Å². The van der Waals surface area contributed by atoms with Crippen LogP contribution in [-0.4, -0.2) is 74.7 Å². The van der Waals surface area contributed by atoms with Crippen LogP contribution in [0.3, 0.4) is 0 Å². The first-order valence-corrected chi connectivity index (χ1v) is 11.3. The lowest BCUT2D eigenvalue weighted by molar-refractivity contribution is -0.130. The highest BCUT2D eigenvalue weighted by atomic mass is 32.2. The van der Waals surface area contributed by atoms with E-state index in [1.54, 1.807) is 25.3 Å². The first-order valence-electron chi connectivity index (χ1n) is 9.90. The van der Waals surface area contributed by atoms with Gasteiger partial charge in [0.25, 0.3) is 10.2 Å². The number of rotatable bonds is 6. The topological polar surface area (TPSA) is 70.2 Å². The van der Waals surface area contributed by atoms with Gasteiger partial charge >= 0.3 is 0 Å². The van der Waals surface area contributed by atoms with Gasteiger partial charge in [0.15, 0.2) is 0 Å². The molecule has 0 aliphatic carbocycles. The molecule has 0 bridgehead atoms. The van der Waals surface area contributed by atoms with E-state index in [-0.39, 0.29) is 17.7 Å². The summed E-state index contributed by atoms with van der Waals surface area (Å²) in [5, 5.41) is 0. The Morgan fingerprint density at radius 2 is 1.79 bits per heavy atom. The number of nitrogens with zero attached hydrogens (tertiary/aromatic N) is 3. The number of amides is 1. The summed E-state index contributed by atoms with van der Waals surface area (Å²) >= 11 is 0. The molecule has 0 N–H and O–H groups in total. The maximum Gasteiger partial charge on any atom is 0.281 e. The molecule has 2 aliphatic rings. The van der Waals surface area contributed by atoms with Crippen LogP contribution in [0, 0.1) is 17.8 Å². The van der Waals surface area contributed by atoms with Crippen LogP contribution in [0.25, 0.3) is 0 Å². The highest BCUT2D eigenvalue weighted by Gasteiger charge is 2.44. The highest BCUT2D eigenvalue weighted by Crippen LogP contribution is 2.37. The Labute approximate surface area is 168 Å². The van der Waals surface area contributed by atoms with E-state index < -0.39 is 10.2 Å². The van der Waals surface area contributed by atoms with Gasteiger partial charge in [0.2, 0.25) is 5.91 Å². The van der Waals surface area contributed by atoms with Crippen LogP contribution in [0.5, 0.6) is 5.75 Å². The monoisotopic (exact) mass is 409 g/mol. The van der Waals surface area contributed by atoms with Crippen molar-refractivity contribution in [2.45, 2.75) is 19.8 Å². The van der Waals surface area contributed by atoms with Crippen LogP contribution < -0.4 is 4.74 Å². The molecule has 156 valence electrons. The quantitative estimate of drug-likeness (QED) is 0.717. The molecule has 2 saturated heterocycles. The van der Waals surface area contributed by atoms with E-state index in [1.807, 2.05) is 35.2 Å². The van der Waals surface area contributed by atoms with Gasteiger partial charge in [0.1, 0.15) is 5.75 Å². The average Bonchev–Trinajstić information content (AvgIpc) is 3.12. The molecule has 1 amide bonds. The number of hydrogen-bond acceptors (Lipinski definition) is 4. The number of benzene rings is 1. The zero-order valence-corrected chi connectivity index (χ0v) is 17.8. The largest absolute Gasteiger partial charge is 0.493 e. The van der Waals surface area contributed by atoms with Crippen molar-refractivity contribution in [3.8, 4) is 5.75 Å². The molecule has 1 aromatic carbocycles. The summed E-state index contributed by atoms with van der Waals surface area (Å²) in [6.45, 7) is 4.62. The first-order chi connectivity index (χ1) is 13.3. The SMILES string of the molecule is CC(=O)N1CCC([C@@H]2CN(S(=O)(=O)N(C)C)C[C@H]2COc2ccccc2)CC1. The molecule has 2 aliphatic heterocycles. The van der Waals surface area contributed by atoms with Crippen LogP contribution in [-0.2, 0) is 15.0 Å². The zero-order chi connectivity index (χ0) is 20.3. The molecule has 2 fully saturated rings. The fraction of sp³-hybridized carbons (Fsp3) is 0.650. The lowest BCUT2D eigenvalue weighted by atomic mass is 9.79. The van der Waals surface area contributed by atoms with Crippen molar-refractivity contribution in [2.75, 3.05) is 46.9 Å². The van der Waals surface area contributed by atoms with Crippen molar-refractivity contribution in [3.05, 3.63) is 30.3 Å². The zero-order valence-electron chi connectivity index (χ0n) is 17.0. The van der Waals surface area contributed by atoms with Gasteiger partial charge in [-0.15, -0.1) is 0 Å². The summed E-state index contributed by atoms with van der Waals surface area (Å²) < 4.78 is 34.2. The predicted octanol–water partition coefficient (Wildman–Crippen LogP) is 1.68. The van der Waals surface area contributed by atoms with Gasteiger partial charge < -0.3 is 9.64 Å². The molecule has 0 spiro atoms. The number of para-hydroxylation sites is 1. The van der Waals surface area contributed by atoms with Crippen molar-refractivity contribution in [3.63, 3.8) is 0 Å². The predicted molar refractivity (Wildman–Crippen MR) is 108 cm³/mol. The van der Waals surface area contributed by atoms with Crippen molar-refractivity contribution in [2.24, 2.45) is 17.8 Å². The minimum atomic E-state index is -3.44. The van der Waals surface area contributed by atoms with E-state index in [9.17, 15) is 13.2 Å². The minimum Gasteiger partial charge on any atom is -0.493 e. The maximum absolute atomic E-state index is 12.7. The highest BCUT2D eigenvalue weighted by molar-refractivity contribution is 7.86. The van der Waals surface area contributed by atoms with Crippen LogP contribution >= 0.6 is 0 Å². The van der Waals surface area contributed by atoms with Crippen LogP contribution in [0.2, 0.25) is 0 Å². The molecule has 1 aromatic rings. The normalized spacial score (nSPS) is 24.6. The third-order valence-electron chi connectivity index (χ3n) is 6.04. The molecule has 0 radical (unpaired) electrons. The Bertz CT molecular complexity index is 761. The number of carbonyl (C=O) groups excluding carboxylic acids is 1. The fourth-order valence-electron chi connectivity index (χ4n) is 4.35. The third-order valence-corrected chi connectivity index (χ3v) is 7.92. The van der Waals surface area contributed by atoms with E-state index in [4.69, 9.17) is 4.74 Å². The first kappa shape index (κ1) is 21.1. The molecule has 0 unspecified atom stereocenters. The van der Waals surface area contributed by atoms with Gasteiger partial charge in [-0.25, -0.2) is 0 Å². The molecule has 3 rings (SSSR count). The van der Waals surface area contributed by atoms with Gasteiger partial charge in [0.05, 0.1) is 6.61 Å². The van der Waals surface area contributed by atoms with E-state index >= 15 is 0 Å². The van der Waals surface area contributed by atoms with E-state index in [1.165, 1.54) is 4.31 Å². The summed E-state index contributed by atoms with van der Waals surface area (Å²) in [5.41, 5.74) is 0. The van der Waals surface area contributed by atoms with Crippen molar-refractivity contribution < 1.29 is 17.9 Å². The van der Waals surface area contributed by atoms with Crippen molar-refractivity contribution in [1.82, 2.24) is 13.5 Å². The average molecular weight is 410 g/mol. The van der Waals surface area contributed by atoms with Gasteiger partial charge in [-0.2, -0.15) is 17.0 Å². The Balaban J connectivity index is 1.71. The maximum atomic E-state index is 12.7. The summed E-state index contributed by atoms with van der Waals surface area (Å²) in [6, 6.07) is 9.65. The molecular formula is C20H31N3O4S. The third kappa shape index (κ3) is 4.67. The van der Waals surface area contributed by atoms with Gasteiger partial charge in [0, 0.05) is 53.1 Å². The Kier molecular flexibility index (Phi) is 6.62. The van der Waals surface area contributed by atoms with E-state index in [2.05, 4.69) is 0 Å². The molecule has 2 atom stereocenters. The van der Waals surface area contributed by atoms with E-state index in [0.717, 1.165) is 31.7 Å². The Morgan fingerprint density at radius 1 is 1.14 bits per heavy atom. The van der Waals surface area contributed by atoms with E-state index in [0.29, 0.717) is 25.6 Å². The van der Waals surface area contributed by atoms with Gasteiger partial charge in [-0.3, -0.25) is 4.79 Å². The van der Waals surface area contributed by atoms with Crippen LogP contribution in [0.1, 0.15) is 19.8 Å². The molecule has 0 aromatic heterocycles. The fourth-order valence-corrected chi connectivity index (χ4v) is 5.55. The van der Waals surface area contributed by atoms with Crippen molar-refractivity contribution >= 4 is 16.1 Å². The molecule has 28 heavy (non-hydrogen) atoms. The summed E-state index contributed by atoms with van der Waals surface area (Å²) in [4.78, 5) is 13.5. The smallest absolute Gasteiger partial charge is 0.281 e. The van der Waals surface area contributed by atoms with Gasteiger partial charge in [-0.1, -0.05) is 18.2 Å². The second-order valence-corrected chi connectivity index (χ2v) is 10.1. The van der Waals surface area contributed by atoms with Gasteiger partial charge in [-0.05, 0) is 36.8 Å². The second kappa shape index (κ2) is 8.80. The summed E-state index contributed by atoms with van der Waals surface area (Å²) in [6.07, 6.45) is 1.84. The Morgan fingerprint density at radius 3 is 2.36 bits per heavy atom. The summed E-state index contributed by atoms with van der Waals surface area (Å²) in [7, 11) is -0.296. The molecule has 0 saturated carbocycles. The Hall–Kier alpha value is -1.64. The van der Waals surface area contributed by atoms with Crippen LogP contribution in [0.15, 0.2) is 30.3 Å². The molecular weight excluding hydrogens is 378 g/mol. The number of carbonyl (C=O) groups is 1. The molecule has 7 nitrogen and oxygen atoms in total. The molecule has 2 heterocycles. The standard InChI is InChI=1S/C20H31N3O4S/c1-16(24)22-11-9-17(10-12-22)20-14-23(28(25,26)21(2)3)13-18(20)15-27-19-7-5-4-6-8-19/h4-8,17-18,20H,9-15H2,1-3H3/t18-,20-/m0/s1. The number of ether oxygens (including phenoxy) is 1. The second-order valence-electron chi connectivity index (χ2n) is 8.00. The lowest BCUT2D eigenvalue weighted by Gasteiger charge is -2.36.